The largest absolute Gasteiger partial charge is 0.481 e. The van der Waals surface area contributed by atoms with E-state index in [0.717, 1.165) is 18.0 Å². The van der Waals surface area contributed by atoms with E-state index < -0.39 is 5.97 Å². The number of benzene rings is 1. The lowest BCUT2D eigenvalue weighted by Crippen LogP contribution is -2.34. The normalized spacial score (nSPS) is 14.4. The van der Waals surface area contributed by atoms with Gasteiger partial charge in [-0.25, -0.2) is 0 Å². The Morgan fingerprint density at radius 2 is 1.89 bits per heavy atom. The van der Waals surface area contributed by atoms with Crippen LogP contribution >= 0.6 is 11.6 Å². The van der Waals surface area contributed by atoms with Crippen molar-refractivity contribution < 1.29 is 9.90 Å². The first-order valence-electron chi connectivity index (χ1n) is 6.71. The number of aliphatic carboxylic acids is 1. The number of hydrogen-bond donors (Lipinski definition) is 1. The van der Waals surface area contributed by atoms with Gasteiger partial charge in [-0.05, 0) is 30.7 Å². The van der Waals surface area contributed by atoms with Crippen molar-refractivity contribution in [1.29, 1.82) is 0 Å². The maximum absolute atomic E-state index is 11.0. The average Bonchev–Trinajstić information content (AvgIpc) is 2.40. The molecule has 106 valence electrons. The summed E-state index contributed by atoms with van der Waals surface area (Å²) in [5.41, 5.74) is 1.19. The minimum Gasteiger partial charge on any atom is -0.481 e. The van der Waals surface area contributed by atoms with Crippen molar-refractivity contribution in [2.45, 2.75) is 33.2 Å². The summed E-state index contributed by atoms with van der Waals surface area (Å²) in [4.78, 5) is 13.2. The maximum Gasteiger partial charge on any atom is 0.307 e. The summed E-state index contributed by atoms with van der Waals surface area (Å²) in [6, 6.07) is 8.04. The molecule has 1 rings (SSSR count). The molecule has 2 atom stereocenters. The van der Waals surface area contributed by atoms with E-state index in [2.05, 4.69) is 18.7 Å². The summed E-state index contributed by atoms with van der Waals surface area (Å²) >= 11 is 5.91. The molecule has 0 bridgehead atoms. The number of rotatable bonds is 7. The van der Waals surface area contributed by atoms with Gasteiger partial charge in [0.05, 0.1) is 5.92 Å². The van der Waals surface area contributed by atoms with E-state index in [1.165, 1.54) is 5.56 Å². The van der Waals surface area contributed by atoms with Crippen molar-refractivity contribution in [3.05, 3.63) is 34.9 Å². The molecule has 0 saturated carbocycles. The SMILES string of the molecule is CCC(c1ccc(Cl)cc1)N(CC)CC(C)C(=O)O. The fourth-order valence-electron chi connectivity index (χ4n) is 2.30. The summed E-state index contributed by atoms with van der Waals surface area (Å²) in [6.07, 6.45) is 0.946. The first-order chi connectivity index (χ1) is 8.99. The number of hydrogen-bond acceptors (Lipinski definition) is 2. The third-order valence-corrected chi connectivity index (χ3v) is 3.67. The topological polar surface area (TPSA) is 40.5 Å². The second kappa shape index (κ2) is 7.51. The molecule has 4 heteroatoms. The molecule has 1 N–H and O–H groups in total. The fourth-order valence-corrected chi connectivity index (χ4v) is 2.42. The molecular weight excluding hydrogens is 262 g/mol. The summed E-state index contributed by atoms with van der Waals surface area (Å²) in [7, 11) is 0. The van der Waals surface area contributed by atoms with Gasteiger partial charge in [-0.1, -0.05) is 44.5 Å². The van der Waals surface area contributed by atoms with Gasteiger partial charge in [0.1, 0.15) is 0 Å². The van der Waals surface area contributed by atoms with Crippen LogP contribution in [0.3, 0.4) is 0 Å². The number of carboxylic acid groups (broad SMARTS) is 1. The van der Waals surface area contributed by atoms with Crippen LogP contribution in [-0.4, -0.2) is 29.1 Å². The van der Waals surface area contributed by atoms with Crippen molar-refractivity contribution in [3.63, 3.8) is 0 Å². The smallest absolute Gasteiger partial charge is 0.307 e. The molecule has 0 aliphatic heterocycles. The summed E-state index contributed by atoms with van der Waals surface area (Å²) in [6.45, 7) is 7.33. The highest BCUT2D eigenvalue weighted by molar-refractivity contribution is 6.30. The molecule has 0 fully saturated rings. The van der Waals surface area contributed by atoms with Crippen molar-refractivity contribution >= 4 is 17.6 Å². The lowest BCUT2D eigenvalue weighted by atomic mass is 10.0. The van der Waals surface area contributed by atoms with Gasteiger partial charge in [0.25, 0.3) is 0 Å². The van der Waals surface area contributed by atoms with Gasteiger partial charge in [0.15, 0.2) is 0 Å². The van der Waals surface area contributed by atoms with Gasteiger partial charge >= 0.3 is 5.97 Å². The predicted octanol–water partition coefficient (Wildman–Crippen LogP) is 3.83. The molecule has 0 spiro atoms. The van der Waals surface area contributed by atoms with Crippen LogP contribution in [0, 0.1) is 5.92 Å². The monoisotopic (exact) mass is 283 g/mol. The van der Waals surface area contributed by atoms with Crippen LogP contribution < -0.4 is 0 Å². The van der Waals surface area contributed by atoms with Gasteiger partial charge in [-0.2, -0.15) is 0 Å². The first-order valence-corrected chi connectivity index (χ1v) is 7.09. The van der Waals surface area contributed by atoms with Crippen LogP contribution in [0.4, 0.5) is 0 Å². The Bertz CT molecular complexity index is 405. The van der Waals surface area contributed by atoms with Crippen molar-refractivity contribution in [2.24, 2.45) is 5.92 Å². The van der Waals surface area contributed by atoms with Crippen LogP contribution in [0.5, 0.6) is 0 Å². The molecule has 0 aliphatic rings. The zero-order valence-corrected chi connectivity index (χ0v) is 12.5. The highest BCUT2D eigenvalue weighted by atomic mass is 35.5. The number of carbonyl (C=O) groups is 1. The van der Waals surface area contributed by atoms with Gasteiger partial charge in [-0.15, -0.1) is 0 Å². The molecule has 0 aromatic heterocycles. The third kappa shape index (κ3) is 4.51. The van der Waals surface area contributed by atoms with Crippen LogP contribution in [0.15, 0.2) is 24.3 Å². The predicted molar refractivity (Wildman–Crippen MR) is 78.5 cm³/mol. The van der Waals surface area contributed by atoms with Gasteiger partial charge in [0, 0.05) is 17.6 Å². The Morgan fingerprint density at radius 1 is 1.32 bits per heavy atom. The van der Waals surface area contributed by atoms with Crippen LogP contribution in [0.1, 0.15) is 38.8 Å². The molecule has 0 heterocycles. The van der Waals surface area contributed by atoms with E-state index in [0.29, 0.717) is 6.54 Å². The molecule has 2 unspecified atom stereocenters. The maximum atomic E-state index is 11.0. The zero-order chi connectivity index (χ0) is 14.4. The third-order valence-electron chi connectivity index (χ3n) is 3.42. The van der Waals surface area contributed by atoms with Crippen molar-refractivity contribution in [1.82, 2.24) is 4.90 Å². The van der Waals surface area contributed by atoms with E-state index >= 15 is 0 Å². The summed E-state index contributed by atoms with van der Waals surface area (Å²) < 4.78 is 0. The molecule has 1 aromatic rings. The van der Waals surface area contributed by atoms with Gasteiger partial charge < -0.3 is 5.11 Å². The highest BCUT2D eigenvalue weighted by Crippen LogP contribution is 2.26. The Labute approximate surface area is 120 Å². The Kier molecular flexibility index (Phi) is 6.32. The Balaban J connectivity index is 2.86. The summed E-state index contributed by atoms with van der Waals surface area (Å²) in [5, 5.41) is 9.77. The number of nitrogens with zero attached hydrogens (tertiary/aromatic N) is 1. The summed E-state index contributed by atoms with van der Waals surface area (Å²) in [5.74, 6) is -1.11. The second-order valence-electron chi connectivity index (χ2n) is 4.80. The number of carboxylic acids is 1. The minimum absolute atomic E-state index is 0.240. The molecule has 19 heavy (non-hydrogen) atoms. The lowest BCUT2D eigenvalue weighted by molar-refractivity contribution is -0.141. The van der Waals surface area contributed by atoms with E-state index in [-0.39, 0.29) is 12.0 Å². The molecular formula is C15H22ClNO2. The van der Waals surface area contributed by atoms with Crippen molar-refractivity contribution in [2.75, 3.05) is 13.1 Å². The molecule has 1 aromatic carbocycles. The van der Waals surface area contributed by atoms with E-state index in [9.17, 15) is 4.79 Å². The molecule has 0 saturated heterocycles. The Morgan fingerprint density at radius 3 is 2.32 bits per heavy atom. The standard InChI is InChI=1S/C15H22ClNO2/c1-4-14(12-6-8-13(16)9-7-12)17(5-2)10-11(3)15(18)19/h6-9,11,14H,4-5,10H2,1-3H3,(H,18,19). The highest BCUT2D eigenvalue weighted by Gasteiger charge is 2.22. The quantitative estimate of drug-likeness (QED) is 0.827. The molecule has 0 aliphatic carbocycles. The number of halogens is 1. The fraction of sp³-hybridized carbons (Fsp3) is 0.533. The van der Waals surface area contributed by atoms with Crippen LogP contribution in [0.2, 0.25) is 5.02 Å². The molecule has 0 radical (unpaired) electrons. The van der Waals surface area contributed by atoms with Crippen molar-refractivity contribution in [3.8, 4) is 0 Å². The second-order valence-corrected chi connectivity index (χ2v) is 5.24. The minimum atomic E-state index is -0.746. The molecule has 0 amide bonds. The van der Waals surface area contributed by atoms with E-state index in [4.69, 9.17) is 16.7 Å². The lowest BCUT2D eigenvalue weighted by Gasteiger charge is -2.31. The van der Waals surface area contributed by atoms with Gasteiger partial charge in [0.2, 0.25) is 0 Å². The van der Waals surface area contributed by atoms with Crippen LogP contribution in [0.25, 0.3) is 0 Å². The Hall–Kier alpha value is -1.06. The first kappa shape index (κ1) is 16.0. The average molecular weight is 284 g/mol. The zero-order valence-electron chi connectivity index (χ0n) is 11.8. The van der Waals surface area contributed by atoms with Crippen LogP contribution in [-0.2, 0) is 4.79 Å². The van der Waals surface area contributed by atoms with E-state index in [1.54, 1.807) is 6.92 Å². The molecule has 3 nitrogen and oxygen atoms in total. The van der Waals surface area contributed by atoms with Gasteiger partial charge in [-0.3, -0.25) is 9.69 Å². The van der Waals surface area contributed by atoms with E-state index in [1.807, 2.05) is 24.3 Å².